The van der Waals surface area contributed by atoms with Crippen LogP contribution in [0.1, 0.15) is 33.4 Å². The minimum absolute atomic E-state index is 0.0775. The number of hydrogen-bond acceptors (Lipinski definition) is 2. The van der Waals surface area contributed by atoms with Crippen molar-refractivity contribution < 1.29 is 23.1 Å². The van der Waals surface area contributed by atoms with E-state index in [4.69, 9.17) is 9.90 Å². The molecule has 3 rings (SSSR count). The number of carbonyl (C=O) groups excluding carboxylic acids is 1. The molecule has 0 aliphatic rings. The molecule has 0 unspecified atom stereocenters. The average Bonchev–Trinajstić information content (AvgIpc) is 2.65. The van der Waals surface area contributed by atoms with E-state index in [-0.39, 0.29) is 10.9 Å². The number of alkyl halides is 3. The summed E-state index contributed by atoms with van der Waals surface area (Å²) in [5.41, 5.74) is 8.25. The van der Waals surface area contributed by atoms with E-state index in [0.29, 0.717) is 0 Å². The second-order valence-electron chi connectivity index (χ2n) is 7.86. The minimum atomic E-state index is -5.19. The lowest BCUT2D eigenvalue weighted by atomic mass is 10.1. The largest absolute Gasteiger partial charge is 0.542 e. The zero-order chi connectivity index (χ0) is 24.2. The second kappa shape index (κ2) is 10.3. The van der Waals surface area contributed by atoms with Crippen molar-refractivity contribution >= 4 is 16.9 Å². The number of carboxylic acids is 1. The molecule has 32 heavy (non-hydrogen) atoms. The van der Waals surface area contributed by atoms with E-state index in [1.165, 1.54) is 48.1 Å². The van der Waals surface area contributed by atoms with E-state index >= 15 is 0 Å². The maximum atomic E-state index is 10.5. The molecule has 0 radical (unpaired) electrons. The van der Waals surface area contributed by atoms with Gasteiger partial charge < -0.3 is 9.90 Å². The van der Waals surface area contributed by atoms with Gasteiger partial charge in [0, 0.05) is 22.3 Å². The van der Waals surface area contributed by atoms with Crippen molar-refractivity contribution in [2.45, 2.75) is 62.4 Å². The Balaban J connectivity index is 0.000000451. The van der Waals surface area contributed by atoms with Crippen molar-refractivity contribution in [3.05, 3.63) is 88.0 Å². The summed E-state index contributed by atoms with van der Waals surface area (Å²) in [6.07, 6.45) is -5.19. The van der Waals surface area contributed by atoms with Crippen molar-refractivity contribution in [2.24, 2.45) is 0 Å². The normalized spacial score (nSPS) is 11.2. The Hall–Kier alpha value is -2.73. The number of hydrogen-bond donors (Lipinski definition) is 0. The predicted octanol–water partition coefficient (Wildman–Crippen LogP) is 5.93. The summed E-state index contributed by atoms with van der Waals surface area (Å²) in [5, 5.41) is 8.78. The molecule has 0 amide bonds. The van der Waals surface area contributed by atoms with Crippen LogP contribution in [-0.2, 0) is 15.7 Å². The highest BCUT2D eigenvalue weighted by Crippen LogP contribution is 2.39. The van der Waals surface area contributed by atoms with Gasteiger partial charge in [0.1, 0.15) is 16.9 Å². The Morgan fingerprint density at radius 2 is 1.03 bits per heavy atom. The Bertz CT molecular complexity index is 1000. The van der Waals surface area contributed by atoms with Crippen molar-refractivity contribution in [1.82, 2.24) is 0 Å². The van der Waals surface area contributed by atoms with Crippen LogP contribution >= 0.6 is 0 Å². The molecule has 3 aromatic rings. The van der Waals surface area contributed by atoms with Crippen LogP contribution in [0.5, 0.6) is 0 Å². The van der Waals surface area contributed by atoms with Crippen molar-refractivity contribution in [3.63, 3.8) is 0 Å². The lowest BCUT2D eigenvalue weighted by Gasteiger charge is -2.17. The van der Waals surface area contributed by atoms with E-state index in [1.54, 1.807) is 0 Å². The number of aryl methyl sites for hydroxylation is 6. The molecule has 3 aromatic carbocycles. The van der Waals surface area contributed by atoms with Crippen molar-refractivity contribution in [1.29, 1.82) is 0 Å². The number of rotatable bonds is 3. The third-order valence-electron chi connectivity index (χ3n) is 4.83. The van der Waals surface area contributed by atoms with Gasteiger partial charge in [0.15, 0.2) is 14.7 Å². The van der Waals surface area contributed by atoms with Crippen molar-refractivity contribution in [2.75, 3.05) is 0 Å². The average molecular weight is 461 g/mol. The van der Waals surface area contributed by atoms with Crippen LogP contribution in [0, 0.1) is 41.5 Å². The Morgan fingerprint density at radius 3 is 1.31 bits per heavy atom. The van der Waals surface area contributed by atoms with Crippen LogP contribution in [0.25, 0.3) is 0 Å². The van der Waals surface area contributed by atoms with Gasteiger partial charge in [-0.05, 0) is 53.7 Å². The quantitative estimate of drug-likeness (QED) is 0.455. The maximum absolute atomic E-state index is 10.5. The minimum Gasteiger partial charge on any atom is -0.542 e. The summed E-state index contributed by atoms with van der Waals surface area (Å²) in [5.74, 6) is -3.01. The van der Waals surface area contributed by atoms with Gasteiger partial charge in [-0.1, -0.05) is 53.6 Å². The van der Waals surface area contributed by atoms with E-state index < -0.39 is 12.1 Å². The van der Waals surface area contributed by atoms with Crippen LogP contribution in [-0.4, -0.2) is 12.1 Å². The number of carbonyl (C=O) groups is 1. The Labute approximate surface area is 190 Å². The zero-order valence-corrected chi connectivity index (χ0v) is 19.9. The van der Waals surface area contributed by atoms with E-state index in [0.717, 1.165) is 0 Å². The standard InChI is InChI=1S/C24H27S.C2HF3O2/c1-16-12-18(3)23(19(4)13-16)25(22-10-8-7-9-11-22)24-20(5)14-17(2)15-21(24)6;3-2(4,5)1(6)7/h7-15H,1-6H3;(H,6,7)/q+1;/p-1. The van der Waals surface area contributed by atoms with Gasteiger partial charge in [0.2, 0.25) is 0 Å². The van der Waals surface area contributed by atoms with E-state index in [2.05, 4.69) is 96.1 Å². The maximum Gasteiger partial charge on any atom is 0.430 e. The van der Waals surface area contributed by atoms with Crippen molar-refractivity contribution in [3.8, 4) is 0 Å². The SMILES string of the molecule is Cc1cc(C)c([S+](c2ccccc2)c2c(C)cc(C)cc2C)c(C)c1.O=C([O-])C(F)(F)F. The predicted molar refractivity (Wildman–Crippen MR) is 121 cm³/mol. The first kappa shape index (κ1) is 25.5. The molecule has 0 aliphatic heterocycles. The summed E-state index contributed by atoms with van der Waals surface area (Å²) in [4.78, 5) is 13.1. The van der Waals surface area contributed by atoms with Gasteiger partial charge in [-0.25, -0.2) is 0 Å². The highest BCUT2D eigenvalue weighted by molar-refractivity contribution is 7.97. The van der Waals surface area contributed by atoms with Gasteiger partial charge in [0.25, 0.3) is 0 Å². The molecule has 2 nitrogen and oxygen atoms in total. The number of carboxylic acid groups (broad SMARTS) is 1. The van der Waals surface area contributed by atoms with E-state index in [9.17, 15) is 13.2 Å². The second-order valence-corrected chi connectivity index (χ2v) is 9.76. The van der Waals surface area contributed by atoms with Gasteiger partial charge in [-0.3, -0.25) is 0 Å². The summed E-state index contributed by atoms with van der Waals surface area (Å²) in [6, 6.07) is 20.3. The van der Waals surface area contributed by atoms with Crippen LogP contribution < -0.4 is 5.11 Å². The number of halogens is 3. The first-order valence-corrected chi connectivity index (χ1v) is 11.3. The van der Waals surface area contributed by atoms with Gasteiger partial charge >= 0.3 is 6.18 Å². The Morgan fingerprint density at radius 1 is 0.719 bits per heavy atom. The fourth-order valence-electron chi connectivity index (χ4n) is 3.87. The number of benzene rings is 3. The lowest BCUT2D eigenvalue weighted by molar-refractivity contribution is -0.344. The fourth-order valence-corrected chi connectivity index (χ4v) is 6.50. The van der Waals surface area contributed by atoms with Gasteiger partial charge in [-0.2, -0.15) is 13.2 Å². The molecule has 6 heteroatoms. The van der Waals surface area contributed by atoms with Gasteiger partial charge in [-0.15, -0.1) is 0 Å². The van der Waals surface area contributed by atoms with Crippen LogP contribution in [0.2, 0.25) is 0 Å². The summed E-state index contributed by atoms with van der Waals surface area (Å²) in [6.45, 7) is 13.4. The molecule has 170 valence electrons. The molecule has 0 N–H and O–H groups in total. The first-order valence-electron chi connectivity index (χ1n) is 10.1. The van der Waals surface area contributed by atoms with Crippen LogP contribution in [0.4, 0.5) is 13.2 Å². The molecule has 0 heterocycles. The summed E-state index contributed by atoms with van der Waals surface area (Å²) < 4.78 is 31.5. The fraction of sp³-hybridized carbons (Fsp3) is 0.269. The highest BCUT2D eigenvalue weighted by Gasteiger charge is 2.35. The molecule has 0 bridgehead atoms. The third-order valence-corrected chi connectivity index (χ3v) is 7.68. The smallest absolute Gasteiger partial charge is 0.430 e. The highest BCUT2D eigenvalue weighted by atomic mass is 32.2. The molecule has 0 aliphatic carbocycles. The summed E-state index contributed by atoms with van der Waals surface area (Å²) >= 11 is 0. The monoisotopic (exact) mass is 460 g/mol. The van der Waals surface area contributed by atoms with Crippen LogP contribution in [0.3, 0.4) is 0 Å². The molecule has 0 saturated carbocycles. The molecule has 0 spiro atoms. The lowest BCUT2D eigenvalue weighted by Crippen LogP contribution is -2.37. The van der Waals surface area contributed by atoms with E-state index in [1.807, 2.05) is 0 Å². The zero-order valence-electron chi connectivity index (χ0n) is 19.1. The molecular formula is C26H27F3O2S. The van der Waals surface area contributed by atoms with Gasteiger partial charge in [0.05, 0.1) is 0 Å². The summed E-state index contributed by atoms with van der Waals surface area (Å²) in [7, 11) is -0.0775. The molecule has 0 saturated heterocycles. The van der Waals surface area contributed by atoms with Crippen LogP contribution in [0.15, 0.2) is 69.3 Å². The molecule has 0 aromatic heterocycles. The third kappa shape index (κ3) is 6.16. The number of aliphatic carboxylic acids is 1. The first-order chi connectivity index (χ1) is 14.8. The molecule has 0 fully saturated rings. The topological polar surface area (TPSA) is 40.1 Å². The molecular weight excluding hydrogens is 433 g/mol. The Kier molecular flexibility index (Phi) is 8.18. The molecule has 0 atom stereocenters.